The maximum Gasteiger partial charge on any atom is 0.271 e. The van der Waals surface area contributed by atoms with Crippen molar-refractivity contribution in [3.05, 3.63) is 91.0 Å². The second-order valence-electron chi connectivity index (χ2n) is 7.67. The summed E-state index contributed by atoms with van der Waals surface area (Å²) in [4.78, 5) is 35.3. The molecule has 0 aliphatic carbocycles. The predicted octanol–water partition coefficient (Wildman–Crippen LogP) is 5.08. The normalized spacial score (nSPS) is 10.7. The van der Waals surface area contributed by atoms with Crippen LogP contribution in [0.4, 0.5) is 17.1 Å². The van der Waals surface area contributed by atoms with Gasteiger partial charge in [-0.3, -0.25) is 19.7 Å². The van der Waals surface area contributed by atoms with E-state index in [-0.39, 0.29) is 29.5 Å². The Morgan fingerprint density at radius 1 is 1.11 bits per heavy atom. The molecule has 2 amide bonds. The average molecular weight is 612 g/mol. The van der Waals surface area contributed by atoms with Crippen LogP contribution in [-0.2, 0) is 9.59 Å². The number of carbonyl (C=O) groups is 2. The van der Waals surface area contributed by atoms with Crippen molar-refractivity contribution in [2.75, 3.05) is 24.4 Å². The summed E-state index contributed by atoms with van der Waals surface area (Å²) in [6.45, 7) is 1.66. The van der Waals surface area contributed by atoms with E-state index in [2.05, 4.69) is 10.6 Å². The molecular weight excluding hydrogens is 591 g/mol. The third-order valence-corrected chi connectivity index (χ3v) is 5.69. The number of nitrogens with zero attached hydrogens (tertiary/aromatic N) is 2. The molecule has 3 rings (SSSR count). The van der Waals surface area contributed by atoms with E-state index in [1.165, 1.54) is 37.5 Å². The number of nitrogens with one attached hydrogen (secondary N) is 2. The zero-order valence-electron chi connectivity index (χ0n) is 19.8. The Morgan fingerprint density at radius 2 is 1.81 bits per heavy atom. The van der Waals surface area contributed by atoms with Gasteiger partial charge < -0.3 is 20.1 Å². The van der Waals surface area contributed by atoms with Crippen LogP contribution in [0.15, 0.2) is 66.2 Å². The number of aryl methyl sites for hydroxylation is 1. The minimum absolute atomic E-state index is 0.181. The first-order chi connectivity index (χ1) is 17.7. The Balaban J connectivity index is 1.75. The zero-order chi connectivity index (χ0) is 26.9. The predicted molar refractivity (Wildman–Crippen MR) is 146 cm³/mol. The van der Waals surface area contributed by atoms with Crippen molar-refractivity contribution in [1.82, 2.24) is 0 Å². The van der Waals surface area contributed by atoms with E-state index < -0.39 is 10.8 Å². The zero-order valence-corrected chi connectivity index (χ0v) is 21.9. The molecule has 0 bridgehead atoms. The van der Waals surface area contributed by atoms with E-state index in [9.17, 15) is 25.0 Å². The first kappa shape index (κ1) is 27.2. The van der Waals surface area contributed by atoms with Gasteiger partial charge in [0, 0.05) is 23.5 Å². The topological polar surface area (TPSA) is 144 Å². The van der Waals surface area contributed by atoms with E-state index in [0.29, 0.717) is 26.3 Å². The minimum atomic E-state index is -0.731. The number of methoxy groups -OCH3 is 1. The Hall–Kier alpha value is -4.44. The minimum Gasteiger partial charge on any atom is -0.493 e. The summed E-state index contributed by atoms with van der Waals surface area (Å²) < 4.78 is 11.7. The van der Waals surface area contributed by atoms with E-state index in [4.69, 9.17) is 9.47 Å². The van der Waals surface area contributed by atoms with Crippen LogP contribution in [-0.4, -0.2) is 30.5 Å². The van der Waals surface area contributed by atoms with Crippen LogP contribution in [0.3, 0.4) is 0 Å². The molecule has 0 saturated carbocycles. The number of nitriles is 1. The van der Waals surface area contributed by atoms with Gasteiger partial charge in [-0.25, -0.2) is 0 Å². The van der Waals surface area contributed by atoms with E-state index in [1.54, 1.807) is 18.2 Å². The van der Waals surface area contributed by atoms with Gasteiger partial charge in [0.2, 0.25) is 0 Å². The van der Waals surface area contributed by atoms with Crippen molar-refractivity contribution in [2.24, 2.45) is 0 Å². The summed E-state index contributed by atoms with van der Waals surface area (Å²) in [7, 11) is 1.43. The molecule has 0 aliphatic rings. The summed E-state index contributed by atoms with van der Waals surface area (Å²) in [5.74, 6) is -0.445. The van der Waals surface area contributed by atoms with Crippen LogP contribution in [0, 0.1) is 31.9 Å². The lowest BCUT2D eigenvalue weighted by Crippen LogP contribution is -2.20. The number of anilines is 2. The van der Waals surface area contributed by atoms with Crippen molar-refractivity contribution < 1.29 is 24.0 Å². The van der Waals surface area contributed by atoms with Gasteiger partial charge in [0.1, 0.15) is 11.6 Å². The van der Waals surface area contributed by atoms with Crippen molar-refractivity contribution in [3.63, 3.8) is 0 Å². The highest BCUT2D eigenvalue weighted by molar-refractivity contribution is 14.1. The summed E-state index contributed by atoms with van der Waals surface area (Å²) in [5.41, 5.74) is 1.90. The number of hydrogen-bond acceptors (Lipinski definition) is 7. The quantitative estimate of drug-likeness (QED) is 0.113. The fraction of sp³-hybridized carbons (Fsp3) is 0.115. The van der Waals surface area contributed by atoms with Crippen LogP contribution in [0.25, 0.3) is 6.08 Å². The second-order valence-corrected chi connectivity index (χ2v) is 8.83. The standard InChI is InChI=1S/C26H21IN4O6/c1-16-5-3-6-19(9-16)29-24(32)15-37-25-22(27)11-17(12-23(25)36-2)10-18(14-28)26(33)30-20-7-4-8-21(13-20)31(34)35/h3-13H,15H2,1-2H3,(H,29,32)(H,30,33)/b18-10+. The van der Waals surface area contributed by atoms with E-state index >= 15 is 0 Å². The third-order valence-electron chi connectivity index (χ3n) is 4.89. The molecule has 0 unspecified atom stereocenters. The van der Waals surface area contributed by atoms with Crippen LogP contribution >= 0.6 is 22.6 Å². The maximum absolute atomic E-state index is 12.6. The Kier molecular flexibility index (Phi) is 9.17. The van der Waals surface area contributed by atoms with Crippen LogP contribution in [0.5, 0.6) is 11.5 Å². The Bertz CT molecular complexity index is 1430. The number of carbonyl (C=O) groups excluding carboxylic acids is 2. The molecule has 37 heavy (non-hydrogen) atoms. The lowest BCUT2D eigenvalue weighted by molar-refractivity contribution is -0.384. The smallest absolute Gasteiger partial charge is 0.271 e. The lowest BCUT2D eigenvalue weighted by atomic mass is 10.1. The molecule has 0 saturated heterocycles. The summed E-state index contributed by atoms with van der Waals surface area (Å²) >= 11 is 2.00. The monoisotopic (exact) mass is 612 g/mol. The number of rotatable bonds is 9. The summed E-state index contributed by atoms with van der Waals surface area (Å²) in [5, 5.41) is 25.7. The largest absolute Gasteiger partial charge is 0.493 e. The molecule has 11 heteroatoms. The van der Waals surface area contributed by atoms with Gasteiger partial charge in [0.25, 0.3) is 17.5 Å². The van der Waals surface area contributed by atoms with Crippen molar-refractivity contribution >= 4 is 57.5 Å². The van der Waals surface area contributed by atoms with Gasteiger partial charge in [0.05, 0.1) is 15.6 Å². The number of ether oxygens (including phenoxy) is 2. The number of non-ortho nitro benzene ring substituents is 1. The van der Waals surface area contributed by atoms with E-state index in [0.717, 1.165) is 5.56 Å². The fourth-order valence-corrected chi connectivity index (χ4v) is 4.01. The molecule has 188 valence electrons. The highest BCUT2D eigenvalue weighted by atomic mass is 127. The van der Waals surface area contributed by atoms with Gasteiger partial charge in [-0.15, -0.1) is 0 Å². The first-order valence-corrected chi connectivity index (χ1v) is 11.8. The molecule has 0 heterocycles. The van der Waals surface area contributed by atoms with Gasteiger partial charge in [-0.05, 0) is 77.0 Å². The number of halogens is 1. The highest BCUT2D eigenvalue weighted by Crippen LogP contribution is 2.34. The molecule has 0 radical (unpaired) electrons. The van der Waals surface area contributed by atoms with Crippen LogP contribution in [0.1, 0.15) is 11.1 Å². The van der Waals surface area contributed by atoms with Crippen molar-refractivity contribution in [1.29, 1.82) is 5.26 Å². The van der Waals surface area contributed by atoms with Crippen molar-refractivity contribution in [2.45, 2.75) is 6.92 Å². The average Bonchev–Trinajstić information content (AvgIpc) is 2.86. The molecule has 10 nitrogen and oxygen atoms in total. The number of amides is 2. The molecule has 3 aromatic carbocycles. The molecule has 3 aromatic rings. The van der Waals surface area contributed by atoms with Gasteiger partial charge in [-0.1, -0.05) is 18.2 Å². The molecular formula is C26H21IN4O6. The number of nitro groups is 1. The molecule has 0 aromatic heterocycles. The van der Waals surface area contributed by atoms with E-state index in [1.807, 2.05) is 53.8 Å². The number of benzene rings is 3. The summed E-state index contributed by atoms with van der Waals surface area (Å²) in [6, 6.07) is 17.8. The van der Waals surface area contributed by atoms with Gasteiger partial charge in [0.15, 0.2) is 18.1 Å². The van der Waals surface area contributed by atoms with Gasteiger partial charge >= 0.3 is 0 Å². The third kappa shape index (κ3) is 7.52. The van der Waals surface area contributed by atoms with Crippen LogP contribution in [0.2, 0.25) is 0 Å². The number of hydrogen-bond donors (Lipinski definition) is 2. The second kappa shape index (κ2) is 12.5. The lowest BCUT2D eigenvalue weighted by Gasteiger charge is -2.14. The summed E-state index contributed by atoms with van der Waals surface area (Å²) in [6.07, 6.45) is 1.35. The molecule has 0 fully saturated rings. The van der Waals surface area contributed by atoms with Gasteiger partial charge in [-0.2, -0.15) is 5.26 Å². The fourth-order valence-electron chi connectivity index (χ4n) is 3.23. The molecule has 0 aliphatic heterocycles. The SMILES string of the molecule is COc1cc(/C=C(\C#N)C(=O)Nc2cccc([N+](=O)[O-])c2)cc(I)c1OCC(=O)Nc1cccc(C)c1. The number of nitro benzene ring substituents is 1. The molecule has 0 spiro atoms. The Labute approximate surface area is 226 Å². The van der Waals surface area contributed by atoms with Crippen molar-refractivity contribution in [3.8, 4) is 17.6 Å². The molecule has 0 atom stereocenters. The maximum atomic E-state index is 12.6. The van der Waals surface area contributed by atoms with Crippen LogP contribution < -0.4 is 20.1 Å². The highest BCUT2D eigenvalue weighted by Gasteiger charge is 2.16. The molecule has 2 N–H and O–H groups in total. The first-order valence-electron chi connectivity index (χ1n) is 10.7. The Morgan fingerprint density at radius 3 is 2.46 bits per heavy atom.